The molecule has 1 atom stereocenters. The number of nitrogens with zero attached hydrogens (tertiary/aromatic N) is 1. The van der Waals surface area contributed by atoms with Gasteiger partial charge in [-0.05, 0) is 12.1 Å². The van der Waals surface area contributed by atoms with Crippen molar-refractivity contribution >= 4 is 0 Å². The first-order valence-electron chi connectivity index (χ1n) is 4.34. The number of hydrogen-bond acceptors (Lipinski definition) is 3. The van der Waals surface area contributed by atoms with Gasteiger partial charge in [-0.2, -0.15) is 5.26 Å². The van der Waals surface area contributed by atoms with Gasteiger partial charge in [-0.15, -0.1) is 0 Å². The summed E-state index contributed by atoms with van der Waals surface area (Å²) < 4.78 is 30.3. The van der Waals surface area contributed by atoms with Crippen LogP contribution in [-0.2, 0) is 0 Å². The summed E-state index contributed by atoms with van der Waals surface area (Å²) in [6, 6.07) is 4.67. The van der Waals surface area contributed by atoms with E-state index in [9.17, 15) is 8.78 Å². The van der Waals surface area contributed by atoms with Gasteiger partial charge in [0.05, 0.1) is 18.5 Å². The number of nitriles is 1. The van der Waals surface area contributed by atoms with Gasteiger partial charge in [-0.1, -0.05) is 0 Å². The second-order valence-electron chi connectivity index (χ2n) is 3.01. The molecular formula is C10H10F2N2O. The topological polar surface area (TPSA) is 59.0 Å². The molecule has 2 N–H and O–H groups in total. The molecule has 15 heavy (non-hydrogen) atoms. The Morgan fingerprint density at radius 2 is 2.13 bits per heavy atom. The minimum atomic E-state index is -0.971. The van der Waals surface area contributed by atoms with E-state index in [-0.39, 0.29) is 18.8 Å². The zero-order valence-electron chi connectivity index (χ0n) is 7.91. The lowest BCUT2D eigenvalue weighted by Crippen LogP contribution is -2.27. The zero-order valence-corrected chi connectivity index (χ0v) is 7.91. The van der Waals surface area contributed by atoms with Gasteiger partial charge in [0.1, 0.15) is 12.4 Å². The monoisotopic (exact) mass is 212 g/mol. The van der Waals surface area contributed by atoms with Crippen molar-refractivity contribution in [3.63, 3.8) is 0 Å². The van der Waals surface area contributed by atoms with Crippen molar-refractivity contribution in [1.29, 1.82) is 5.26 Å². The molecule has 0 radical (unpaired) electrons. The van der Waals surface area contributed by atoms with E-state index >= 15 is 0 Å². The molecule has 1 unspecified atom stereocenters. The van der Waals surface area contributed by atoms with Crippen LogP contribution in [0.4, 0.5) is 8.78 Å². The molecule has 80 valence electrons. The minimum Gasteiger partial charge on any atom is -0.492 e. The van der Waals surface area contributed by atoms with Gasteiger partial charge in [0.15, 0.2) is 11.6 Å². The molecule has 0 saturated carbocycles. The van der Waals surface area contributed by atoms with Crippen molar-refractivity contribution in [1.82, 2.24) is 0 Å². The highest BCUT2D eigenvalue weighted by Crippen LogP contribution is 2.15. The molecule has 0 fully saturated rings. The molecule has 3 nitrogen and oxygen atoms in total. The summed E-state index contributed by atoms with van der Waals surface area (Å²) in [5.41, 5.74) is 5.48. The first-order valence-corrected chi connectivity index (χ1v) is 4.34. The molecule has 0 saturated heterocycles. The van der Waals surface area contributed by atoms with Crippen LogP contribution in [0.2, 0.25) is 0 Å². The lowest BCUT2D eigenvalue weighted by Gasteiger charge is -2.09. The fourth-order valence-corrected chi connectivity index (χ4v) is 0.946. The SMILES string of the molecule is N#CCC(N)COc1ccc(F)c(F)c1. The Morgan fingerprint density at radius 1 is 1.40 bits per heavy atom. The van der Waals surface area contributed by atoms with Crippen LogP contribution < -0.4 is 10.5 Å². The van der Waals surface area contributed by atoms with Crippen molar-refractivity contribution in [2.75, 3.05) is 6.61 Å². The largest absolute Gasteiger partial charge is 0.492 e. The summed E-state index contributed by atoms with van der Waals surface area (Å²) in [5, 5.41) is 8.32. The maximum atomic E-state index is 12.7. The normalized spacial score (nSPS) is 11.9. The van der Waals surface area contributed by atoms with Crippen LogP contribution in [0.15, 0.2) is 18.2 Å². The summed E-state index contributed by atoms with van der Waals surface area (Å²) in [5.74, 6) is -1.70. The van der Waals surface area contributed by atoms with Crippen molar-refractivity contribution in [2.24, 2.45) is 5.73 Å². The molecule has 0 aliphatic carbocycles. The molecule has 0 aliphatic heterocycles. The average Bonchev–Trinajstić information content (AvgIpc) is 2.20. The van der Waals surface area contributed by atoms with E-state index in [0.29, 0.717) is 0 Å². The van der Waals surface area contributed by atoms with E-state index in [4.69, 9.17) is 15.7 Å². The van der Waals surface area contributed by atoms with Crippen LogP contribution in [0.25, 0.3) is 0 Å². The molecular weight excluding hydrogens is 202 g/mol. The molecule has 0 bridgehead atoms. The van der Waals surface area contributed by atoms with Gasteiger partial charge in [-0.3, -0.25) is 0 Å². The van der Waals surface area contributed by atoms with Gasteiger partial charge in [0.25, 0.3) is 0 Å². The Labute approximate surface area is 86.1 Å². The number of halogens is 2. The van der Waals surface area contributed by atoms with Gasteiger partial charge >= 0.3 is 0 Å². The van der Waals surface area contributed by atoms with Crippen molar-refractivity contribution < 1.29 is 13.5 Å². The Bertz CT molecular complexity index is 376. The van der Waals surface area contributed by atoms with Crippen LogP contribution in [0.3, 0.4) is 0 Å². The van der Waals surface area contributed by atoms with E-state index < -0.39 is 17.7 Å². The van der Waals surface area contributed by atoms with Gasteiger partial charge in [-0.25, -0.2) is 8.78 Å². The minimum absolute atomic E-state index is 0.0959. The molecule has 0 amide bonds. The summed E-state index contributed by atoms with van der Waals surface area (Å²) in [7, 11) is 0. The van der Waals surface area contributed by atoms with Crippen LogP contribution in [0.1, 0.15) is 6.42 Å². The smallest absolute Gasteiger partial charge is 0.162 e. The number of benzene rings is 1. The fourth-order valence-electron chi connectivity index (χ4n) is 0.946. The highest BCUT2D eigenvalue weighted by atomic mass is 19.2. The third-order valence-electron chi connectivity index (χ3n) is 1.71. The summed E-state index contributed by atoms with van der Waals surface area (Å²) in [6.07, 6.45) is 0.156. The van der Waals surface area contributed by atoms with Crippen LogP contribution in [0, 0.1) is 23.0 Å². The second-order valence-corrected chi connectivity index (χ2v) is 3.01. The quantitative estimate of drug-likeness (QED) is 0.824. The highest BCUT2D eigenvalue weighted by molar-refractivity contribution is 5.23. The molecule has 5 heteroatoms. The number of hydrogen-bond donors (Lipinski definition) is 1. The standard InChI is InChI=1S/C10H10F2N2O/c11-9-2-1-8(5-10(9)12)15-6-7(14)3-4-13/h1-2,5,7H,3,6,14H2. The highest BCUT2D eigenvalue weighted by Gasteiger charge is 2.05. The maximum absolute atomic E-state index is 12.7. The van der Waals surface area contributed by atoms with Crippen LogP contribution in [0.5, 0.6) is 5.75 Å². The predicted molar refractivity (Wildman–Crippen MR) is 50.1 cm³/mol. The molecule has 0 heterocycles. The van der Waals surface area contributed by atoms with E-state index in [1.54, 1.807) is 0 Å². The third-order valence-corrected chi connectivity index (χ3v) is 1.71. The first kappa shape index (κ1) is 11.4. The molecule has 0 aromatic heterocycles. The summed E-state index contributed by atoms with van der Waals surface area (Å²) in [4.78, 5) is 0. The van der Waals surface area contributed by atoms with E-state index in [0.717, 1.165) is 12.1 Å². The molecule has 1 aromatic rings. The molecule has 1 aromatic carbocycles. The third kappa shape index (κ3) is 3.52. The first-order chi connectivity index (χ1) is 7.13. The summed E-state index contributed by atoms with van der Waals surface area (Å²) in [6.45, 7) is 0.0959. The van der Waals surface area contributed by atoms with Gasteiger partial charge in [0, 0.05) is 6.07 Å². The van der Waals surface area contributed by atoms with Crippen molar-refractivity contribution in [2.45, 2.75) is 12.5 Å². The predicted octanol–water partition coefficient (Wildman–Crippen LogP) is 1.58. The Morgan fingerprint density at radius 3 is 2.73 bits per heavy atom. The lowest BCUT2D eigenvalue weighted by molar-refractivity contribution is 0.287. The lowest BCUT2D eigenvalue weighted by atomic mass is 10.2. The van der Waals surface area contributed by atoms with Crippen molar-refractivity contribution in [3.05, 3.63) is 29.8 Å². The van der Waals surface area contributed by atoms with Crippen molar-refractivity contribution in [3.8, 4) is 11.8 Å². The molecule has 0 spiro atoms. The zero-order chi connectivity index (χ0) is 11.3. The second kappa shape index (κ2) is 5.27. The Balaban J connectivity index is 2.51. The van der Waals surface area contributed by atoms with Crippen LogP contribution >= 0.6 is 0 Å². The maximum Gasteiger partial charge on any atom is 0.162 e. The van der Waals surface area contributed by atoms with E-state index in [1.807, 2.05) is 6.07 Å². The fraction of sp³-hybridized carbons (Fsp3) is 0.300. The number of nitrogens with two attached hydrogens (primary N) is 1. The van der Waals surface area contributed by atoms with E-state index in [1.165, 1.54) is 6.07 Å². The molecule has 0 aliphatic rings. The number of ether oxygens (including phenoxy) is 1. The Kier molecular flexibility index (Phi) is 4.01. The Hall–Kier alpha value is -1.67. The number of rotatable bonds is 4. The van der Waals surface area contributed by atoms with Gasteiger partial charge in [0.2, 0.25) is 0 Å². The van der Waals surface area contributed by atoms with Gasteiger partial charge < -0.3 is 10.5 Å². The van der Waals surface area contributed by atoms with E-state index in [2.05, 4.69) is 0 Å². The van der Waals surface area contributed by atoms with Crippen LogP contribution in [-0.4, -0.2) is 12.6 Å². The summed E-state index contributed by atoms with van der Waals surface area (Å²) >= 11 is 0. The average molecular weight is 212 g/mol. The molecule has 1 rings (SSSR count).